The lowest BCUT2D eigenvalue weighted by molar-refractivity contribution is -0.125. The maximum Gasteiger partial charge on any atom is 0.224 e. The van der Waals surface area contributed by atoms with Gasteiger partial charge < -0.3 is 20.2 Å². The Balaban J connectivity index is 1.49. The van der Waals surface area contributed by atoms with Crippen LogP contribution in [0.1, 0.15) is 70.6 Å². The van der Waals surface area contributed by atoms with Gasteiger partial charge in [-0.2, -0.15) is 0 Å². The van der Waals surface area contributed by atoms with E-state index >= 15 is 0 Å². The average Bonchev–Trinajstić information content (AvgIpc) is 3.37. The summed E-state index contributed by atoms with van der Waals surface area (Å²) < 4.78 is 5.32. The van der Waals surface area contributed by atoms with Gasteiger partial charge in [-0.05, 0) is 73.5 Å². The summed E-state index contributed by atoms with van der Waals surface area (Å²) in [6, 6.07) is 13.4. The predicted octanol–water partition coefficient (Wildman–Crippen LogP) is 4.37. The van der Waals surface area contributed by atoms with Crippen LogP contribution in [0.4, 0.5) is 0 Å². The van der Waals surface area contributed by atoms with E-state index in [1.165, 1.54) is 0 Å². The zero-order chi connectivity index (χ0) is 24.4. The molecule has 4 rings (SSSR count). The van der Waals surface area contributed by atoms with Crippen molar-refractivity contribution < 1.29 is 19.1 Å². The quantitative estimate of drug-likeness (QED) is 0.539. The van der Waals surface area contributed by atoms with Crippen LogP contribution in [0.15, 0.2) is 53.1 Å². The minimum atomic E-state index is -0.712. The normalized spacial score (nSPS) is 29.9. The van der Waals surface area contributed by atoms with Crippen LogP contribution < -0.4 is 10.6 Å². The van der Waals surface area contributed by atoms with Crippen LogP contribution in [0.5, 0.6) is 0 Å². The number of benzene rings is 1. The van der Waals surface area contributed by atoms with Crippen molar-refractivity contribution in [3.05, 3.63) is 60.1 Å². The molecule has 0 bridgehead atoms. The molecule has 2 fully saturated rings. The molecule has 2 aromatic rings. The molecule has 0 radical (unpaired) electrons. The number of hydrogen-bond donors (Lipinski definition) is 3. The van der Waals surface area contributed by atoms with Gasteiger partial charge in [0.05, 0.1) is 24.8 Å². The number of nitrogens with one attached hydrogen (secondary N) is 2. The van der Waals surface area contributed by atoms with E-state index in [9.17, 15) is 14.7 Å². The summed E-state index contributed by atoms with van der Waals surface area (Å²) in [7, 11) is 0. The summed E-state index contributed by atoms with van der Waals surface area (Å²) in [6.07, 6.45) is 6.05. The van der Waals surface area contributed by atoms with Crippen LogP contribution in [0.3, 0.4) is 0 Å². The number of furan rings is 1. The van der Waals surface area contributed by atoms with Crippen LogP contribution in [0.25, 0.3) is 0 Å². The fourth-order valence-electron chi connectivity index (χ4n) is 6.49. The molecule has 2 saturated carbocycles. The number of rotatable bonds is 8. The zero-order valence-electron chi connectivity index (χ0n) is 20.6. The van der Waals surface area contributed by atoms with Crippen molar-refractivity contribution in [3.8, 4) is 0 Å². The number of aliphatic hydroxyl groups is 1. The molecular formula is C28H38N2O4. The summed E-state index contributed by atoms with van der Waals surface area (Å²) in [4.78, 5) is 25.8. The van der Waals surface area contributed by atoms with E-state index < -0.39 is 5.60 Å². The van der Waals surface area contributed by atoms with Gasteiger partial charge in [-0.25, -0.2) is 0 Å². The lowest BCUT2D eigenvalue weighted by Crippen LogP contribution is -2.53. The molecule has 3 N–H and O–H groups in total. The van der Waals surface area contributed by atoms with Crippen molar-refractivity contribution in [2.45, 2.75) is 83.9 Å². The Kier molecular flexibility index (Phi) is 6.90. The Morgan fingerprint density at radius 1 is 1.03 bits per heavy atom. The van der Waals surface area contributed by atoms with Gasteiger partial charge in [0.2, 0.25) is 11.8 Å². The molecule has 0 aliphatic heterocycles. The molecule has 6 heteroatoms. The highest BCUT2D eigenvalue weighted by Gasteiger charge is 2.61. The summed E-state index contributed by atoms with van der Waals surface area (Å²) in [6.45, 7) is 6.78. The highest BCUT2D eigenvalue weighted by molar-refractivity contribution is 5.79. The van der Waals surface area contributed by atoms with E-state index in [0.717, 1.165) is 24.2 Å². The highest BCUT2D eigenvalue weighted by Crippen LogP contribution is 2.63. The van der Waals surface area contributed by atoms with Crippen molar-refractivity contribution in [1.82, 2.24) is 10.6 Å². The fourth-order valence-corrected chi connectivity index (χ4v) is 6.49. The first-order chi connectivity index (χ1) is 16.1. The molecule has 6 nitrogen and oxygen atoms in total. The Hall–Kier alpha value is -2.60. The molecule has 0 spiro atoms. The highest BCUT2D eigenvalue weighted by atomic mass is 16.3. The van der Waals surface area contributed by atoms with Crippen molar-refractivity contribution in [2.75, 3.05) is 0 Å². The number of hydrogen-bond acceptors (Lipinski definition) is 4. The number of amides is 2. The summed E-state index contributed by atoms with van der Waals surface area (Å²) in [5.41, 5.74) is 0.0298. The van der Waals surface area contributed by atoms with Crippen molar-refractivity contribution >= 4 is 11.8 Å². The molecule has 0 saturated heterocycles. The maximum atomic E-state index is 13.0. The van der Waals surface area contributed by atoms with Gasteiger partial charge in [0.25, 0.3) is 0 Å². The topological polar surface area (TPSA) is 91.6 Å². The molecule has 184 valence electrons. The van der Waals surface area contributed by atoms with Crippen molar-refractivity contribution in [1.29, 1.82) is 0 Å². The molecule has 0 unspecified atom stereocenters. The second-order valence-electron chi connectivity index (χ2n) is 11.3. The van der Waals surface area contributed by atoms with E-state index in [4.69, 9.17) is 4.42 Å². The van der Waals surface area contributed by atoms with Gasteiger partial charge >= 0.3 is 0 Å². The average molecular weight is 467 g/mol. The smallest absolute Gasteiger partial charge is 0.224 e. The fraction of sp³-hybridized carbons (Fsp3) is 0.571. The maximum absolute atomic E-state index is 13.0. The van der Waals surface area contributed by atoms with Gasteiger partial charge in [0.1, 0.15) is 5.76 Å². The summed E-state index contributed by atoms with van der Waals surface area (Å²) >= 11 is 0. The van der Waals surface area contributed by atoms with E-state index in [1.807, 2.05) is 49.4 Å². The number of carbonyl (C=O) groups excluding carboxylic acids is 2. The molecule has 1 aromatic carbocycles. The Morgan fingerprint density at radius 2 is 1.79 bits per heavy atom. The molecule has 1 aromatic heterocycles. The standard InChI is InChI=1S/C28H38N2O4/c1-26(2)18-23(30-25(32)16-20-8-5-4-6-9-20)28(14-13-27(3,33)17-22(26)28)12-11-24(31)29-19-21-10-7-15-34-21/h4-10,15,22-23,33H,11-14,16-19H2,1-3H3,(H,29,31)(H,30,32)/t22-,23-,27+,28+/m0/s1. The molecule has 34 heavy (non-hydrogen) atoms. The minimum absolute atomic E-state index is 0.0130. The lowest BCUT2D eigenvalue weighted by atomic mass is 9.57. The molecule has 2 aliphatic carbocycles. The van der Waals surface area contributed by atoms with E-state index in [0.29, 0.717) is 38.6 Å². The SMILES string of the molecule is CC1(C)C[C@H](NC(=O)Cc2ccccc2)[C@]2(CCC(=O)NCc3ccco3)CC[C@@](C)(O)C[C@@H]12. The third kappa shape index (κ3) is 5.38. The van der Waals surface area contributed by atoms with E-state index in [1.54, 1.807) is 6.26 Å². The van der Waals surface area contributed by atoms with Gasteiger partial charge in [-0.1, -0.05) is 44.2 Å². The molecule has 4 atom stereocenters. The summed E-state index contributed by atoms with van der Waals surface area (Å²) in [5, 5.41) is 17.2. The summed E-state index contributed by atoms with van der Waals surface area (Å²) in [5.74, 6) is 0.961. The second kappa shape index (κ2) is 9.57. The lowest BCUT2D eigenvalue weighted by Gasteiger charge is -2.50. The van der Waals surface area contributed by atoms with Crippen molar-refractivity contribution in [3.63, 3.8) is 0 Å². The zero-order valence-corrected chi connectivity index (χ0v) is 20.6. The Morgan fingerprint density at radius 3 is 2.50 bits per heavy atom. The second-order valence-corrected chi connectivity index (χ2v) is 11.3. The third-order valence-electron chi connectivity index (χ3n) is 8.23. The van der Waals surface area contributed by atoms with Crippen LogP contribution >= 0.6 is 0 Å². The molecular weight excluding hydrogens is 428 g/mol. The number of fused-ring (bicyclic) bond motifs is 1. The first kappa shape index (κ1) is 24.5. The largest absolute Gasteiger partial charge is 0.467 e. The Labute approximate surface area is 202 Å². The van der Waals surface area contributed by atoms with Crippen LogP contribution in [-0.2, 0) is 22.6 Å². The molecule has 1 heterocycles. The van der Waals surface area contributed by atoms with Gasteiger partial charge in [-0.3, -0.25) is 9.59 Å². The third-order valence-corrected chi connectivity index (χ3v) is 8.23. The van der Waals surface area contributed by atoms with E-state index in [-0.39, 0.29) is 34.6 Å². The van der Waals surface area contributed by atoms with E-state index in [2.05, 4.69) is 24.5 Å². The van der Waals surface area contributed by atoms with Crippen LogP contribution in [-0.4, -0.2) is 28.6 Å². The monoisotopic (exact) mass is 466 g/mol. The van der Waals surface area contributed by atoms with Gasteiger partial charge in [-0.15, -0.1) is 0 Å². The Bertz CT molecular complexity index is 983. The first-order valence-electron chi connectivity index (χ1n) is 12.4. The van der Waals surface area contributed by atoms with Gasteiger partial charge in [0.15, 0.2) is 0 Å². The predicted molar refractivity (Wildman–Crippen MR) is 131 cm³/mol. The first-order valence-corrected chi connectivity index (χ1v) is 12.4. The molecule has 2 aliphatic rings. The number of carbonyl (C=O) groups is 2. The minimum Gasteiger partial charge on any atom is -0.467 e. The van der Waals surface area contributed by atoms with Gasteiger partial charge in [0, 0.05) is 12.5 Å². The van der Waals surface area contributed by atoms with Crippen LogP contribution in [0, 0.1) is 16.7 Å². The van der Waals surface area contributed by atoms with Crippen molar-refractivity contribution in [2.24, 2.45) is 16.7 Å². The molecule has 2 amide bonds. The van der Waals surface area contributed by atoms with Crippen LogP contribution in [0.2, 0.25) is 0 Å².